The van der Waals surface area contributed by atoms with E-state index in [1.807, 2.05) is 12.1 Å². The number of nitrogens with one attached hydrogen (secondary N) is 1. The summed E-state index contributed by atoms with van der Waals surface area (Å²) in [6, 6.07) is 3.73. The first kappa shape index (κ1) is 7.24. The van der Waals surface area contributed by atoms with Crippen LogP contribution in [0.4, 0.5) is 0 Å². The van der Waals surface area contributed by atoms with Crippen molar-refractivity contribution in [2.75, 3.05) is 6.61 Å². The quantitative estimate of drug-likeness (QED) is 0.714. The molecule has 0 saturated heterocycles. The molecular weight excluding hydrogens is 154 g/mol. The number of imidazole rings is 1. The molecule has 4 nitrogen and oxygen atoms in total. The van der Waals surface area contributed by atoms with Crippen LogP contribution in [0, 0.1) is 0 Å². The molecule has 0 spiro atoms. The highest BCUT2D eigenvalue weighted by Crippen LogP contribution is 2.06. The first-order chi connectivity index (χ1) is 5.90. The molecule has 61 valence electrons. The van der Waals surface area contributed by atoms with Gasteiger partial charge in [0.1, 0.15) is 5.82 Å². The third kappa shape index (κ3) is 1.16. The smallest absolute Gasteiger partial charge is 0.177 e. The molecule has 2 heterocycles. The SMILES string of the molecule is [O]CCc1nc2ncccc2[nH]1. The number of pyridine rings is 1. The van der Waals surface area contributed by atoms with Crippen LogP contribution in [0.15, 0.2) is 18.3 Å². The molecule has 0 fully saturated rings. The van der Waals surface area contributed by atoms with E-state index in [9.17, 15) is 5.11 Å². The number of hydrogen-bond acceptors (Lipinski definition) is 2. The lowest BCUT2D eigenvalue weighted by Crippen LogP contribution is -1.90. The first-order valence-electron chi connectivity index (χ1n) is 3.78. The molecule has 2 rings (SSSR count). The van der Waals surface area contributed by atoms with Gasteiger partial charge in [-0.05, 0) is 12.1 Å². The molecule has 0 saturated carbocycles. The van der Waals surface area contributed by atoms with E-state index < -0.39 is 0 Å². The van der Waals surface area contributed by atoms with E-state index in [0.717, 1.165) is 11.3 Å². The Hall–Kier alpha value is -1.42. The van der Waals surface area contributed by atoms with E-state index in [1.54, 1.807) is 6.20 Å². The second-order valence-electron chi connectivity index (χ2n) is 2.51. The second kappa shape index (κ2) is 2.91. The van der Waals surface area contributed by atoms with Crippen molar-refractivity contribution in [3.8, 4) is 0 Å². The summed E-state index contributed by atoms with van der Waals surface area (Å²) in [6.07, 6.45) is 2.13. The van der Waals surface area contributed by atoms with Gasteiger partial charge < -0.3 is 4.98 Å². The van der Waals surface area contributed by atoms with Crippen LogP contribution in [0.5, 0.6) is 0 Å². The number of nitrogens with zero attached hydrogens (tertiary/aromatic N) is 2. The molecule has 0 unspecified atom stereocenters. The van der Waals surface area contributed by atoms with Gasteiger partial charge in [-0.25, -0.2) is 15.1 Å². The highest BCUT2D eigenvalue weighted by Gasteiger charge is 2.01. The number of aromatic amines is 1. The third-order valence-electron chi connectivity index (χ3n) is 1.65. The first-order valence-corrected chi connectivity index (χ1v) is 3.78. The van der Waals surface area contributed by atoms with Gasteiger partial charge in [-0.3, -0.25) is 0 Å². The third-order valence-corrected chi connectivity index (χ3v) is 1.65. The van der Waals surface area contributed by atoms with Crippen molar-refractivity contribution in [2.24, 2.45) is 0 Å². The molecule has 1 N–H and O–H groups in total. The summed E-state index contributed by atoms with van der Waals surface area (Å²) >= 11 is 0. The number of hydrogen-bond donors (Lipinski definition) is 1. The van der Waals surface area contributed by atoms with E-state index in [4.69, 9.17) is 0 Å². The van der Waals surface area contributed by atoms with Crippen molar-refractivity contribution in [1.29, 1.82) is 0 Å². The number of H-pyrrole nitrogens is 1. The van der Waals surface area contributed by atoms with Gasteiger partial charge in [0.25, 0.3) is 0 Å². The Bertz CT molecular complexity index is 349. The summed E-state index contributed by atoms with van der Waals surface area (Å²) < 4.78 is 0. The molecule has 2 aromatic heterocycles. The Morgan fingerprint density at radius 3 is 3.17 bits per heavy atom. The summed E-state index contributed by atoms with van der Waals surface area (Å²) in [5, 5.41) is 10.3. The molecule has 0 aromatic carbocycles. The predicted molar refractivity (Wildman–Crippen MR) is 43.1 cm³/mol. The monoisotopic (exact) mass is 162 g/mol. The van der Waals surface area contributed by atoms with Gasteiger partial charge in [0.2, 0.25) is 0 Å². The van der Waals surface area contributed by atoms with E-state index in [-0.39, 0.29) is 6.61 Å². The number of fused-ring (bicyclic) bond motifs is 1. The Kier molecular flexibility index (Phi) is 1.75. The van der Waals surface area contributed by atoms with Crippen LogP contribution in [0.2, 0.25) is 0 Å². The van der Waals surface area contributed by atoms with Crippen molar-refractivity contribution in [2.45, 2.75) is 6.42 Å². The van der Waals surface area contributed by atoms with Crippen LogP contribution >= 0.6 is 0 Å². The summed E-state index contributed by atoms with van der Waals surface area (Å²) in [5.41, 5.74) is 1.57. The molecule has 1 radical (unpaired) electrons. The van der Waals surface area contributed by atoms with Crippen LogP contribution in [-0.2, 0) is 11.5 Å². The van der Waals surface area contributed by atoms with Crippen LogP contribution in [0.1, 0.15) is 5.82 Å². The summed E-state index contributed by atoms with van der Waals surface area (Å²) in [5.74, 6) is 0.721. The summed E-state index contributed by atoms with van der Waals surface area (Å²) in [4.78, 5) is 11.2. The van der Waals surface area contributed by atoms with Gasteiger partial charge in [0.05, 0.1) is 12.1 Å². The van der Waals surface area contributed by atoms with Crippen LogP contribution in [0.25, 0.3) is 11.2 Å². The molecule has 0 aliphatic rings. The highest BCUT2D eigenvalue weighted by molar-refractivity contribution is 5.69. The maximum absolute atomic E-state index is 10.3. The lowest BCUT2D eigenvalue weighted by atomic mass is 10.4. The van der Waals surface area contributed by atoms with E-state index in [0.29, 0.717) is 12.1 Å². The molecule has 0 aliphatic heterocycles. The fourth-order valence-electron chi connectivity index (χ4n) is 1.11. The van der Waals surface area contributed by atoms with Gasteiger partial charge in [0, 0.05) is 12.6 Å². The van der Waals surface area contributed by atoms with Crippen molar-refractivity contribution < 1.29 is 5.11 Å². The fraction of sp³-hybridized carbons (Fsp3) is 0.250. The van der Waals surface area contributed by atoms with E-state index in [1.165, 1.54) is 0 Å². The molecule has 4 heteroatoms. The highest BCUT2D eigenvalue weighted by atomic mass is 16.3. The molecular formula is C8H8N3O. The number of rotatable bonds is 2. The summed E-state index contributed by atoms with van der Waals surface area (Å²) in [7, 11) is 0. The zero-order chi connectivity index (χ0) is 8.39. The summed E-state index contributed by atoms with van der Waals surface area (Å²) in [6.45, 7) is -0.139. The van der Waals surface area contributed by atoms with Crippen molar-refractivity contribution >= 4 is 11.2 Å². The van der Waals surface area contributed by atoms with Crippen molar-refractivity contribution in [3.05, 3.63) is 24.2 Å². The minimum Gasteiger partial charge on any atom is -0.341 e. The average Bonchev–Trinajstić information content (AvgIpc) is 2.47. The number of aromatic nitrogens is 3. The molecule has 0 atom stereocenters. The molecule has 0 bridgehead atoms. The van der Waals surface area contributed by atoms with E-state index >= 15 is 0 Å². The van der Waals surface area contributed by atoms with Gasteiger partial charge in [-0.15, -0.1) is 0 Å². The minimum atomic E-state index is -0.139. The molecule has 2 aromatic rings. The Balaban J connectivity index is 2.47. The van der Waals surface area contributed by atoms with Gasteiger partial charge >= 0.3 is 0 Å². The average molecular weight is 162 g/mol. The van der Waals surface area contributed by atoms with Crippen LogP contribution in [0.3, 0.4) is 0 Å². The van der Waals surface area contributed by atoms with Crippen molar-refractivity contribution in [1.82, 2.24) is 15.0 Å². The van der Waals surface area contributed by atoms with Gasteiger partial charge in [-0.1, -0.05) is 0 Å². The standard InChI is InChI=1S/C8H8N3O/c12-5-3-7-10-6-2-1-4-9-8(6)11-7/h1-2,4H,3,5H2,(H,9,10,11). The Morgan fingerprint density at radius 2 is 2.42 bits per heavy atom. The lowest BCUT2D eigenvalue weighted by molar-refractivity contribution is 0.195. The Labute approximate surface area is 69.3 Å². The minimum absolute atomic E-state index is 0.139. The van der Waals surface area contributed by atoms with Crippen molar-refractivity contribution in [3.63, 3.8) is 0 Å². The Morgan fingerprint density at radius 1 is 1.50 bits per heavy atom. The predicted octanol–water partition coefficient (Wildman–Crippen LogP) is 0.931. The maximum atomic E-state index is 10.3. The van der Waals surface area contributed by atoms with Gasteiger partial charge in [0.15, 0.2) is 5.65 Å². The van der Waals surface area contributed by atoms with Crippen LogP contribution < -0.4 is 0 Å². The fourth-order valence-corrected chi connectivity index (χ4v) is 1.11. The molecule has 0 aliphatic carbocycles. The lowest BCUT2D eigenvalue weighted by Gasteiger charge is -1.84. The molecule has 12 heavy (non-hydrogen) atoms. The maximum Gasteiger partial charge on any atom is 0.177 e. The van der Waals surface area contributed by atoms with E-state index in [2.05, 4.69) is 15.0 Å². The zero-order valence-electron chi connectivity index (χ0n) is 6.45. The van der Waals surface area contributed by atoms with Crippen LogP contribution in [-0.4, -0.2) is 21.6 Å². The second-order valence-corrected chi connectivity index (χ2v) is 2.51. The largest absolute Gasteiger partial charge is 0.341 e. The normalized spacial score (nSPS) is 10.8. The molecule has 0 amide bonds. The zero-order valence-corrected chi connectivity index (χ0v) is 6.45. The van der Waals surface area contributed by atoms with Gasteiger partial charge in [-0.2, -0.15) is 0 Å². The topological polar surface area (TPSA) is 61.5 Å².